The fourth-order valence-electron chi connectivity index (χ4n) is 0.999. The molecule has 0 fully saturated rings. The standard InChI is InChI=1S/C7H12N4O.ClH/c1-8-6-5(7(12)9-2)11(3)4-10-6;/h4,8H,1-3H3,(H,9,12);1H. The molecule has 0 atom stereocenters. The van der Waals surface area contributed by atoms with E-state index in [1.54, 1.807) is 32.0 Å². The second-order valence-electron chi connectivity index (χ2n) is 2.38. The average molecular weight is 205 g/mol. The minimum atomic E-state index is -0.139. The molecule has 0 aromatic carbocycles. The normalized spacial score (nSPS) is 8.85. The predicted octanol–water partition coefficient (Wildman–Crippen LogP) is 0.243. The molecular formula is C7H13ClN4O. The maximum atomic E-state index is 11.3. The molecule has 0 aliphatic heterocycles. The molecule has 1 aromatic rings. The number of halogens is 1. The number of anilines is 1. The Kier molecular flexibility index (Phi) is 4.27. The van der Waals surface area contributed by atoms with Gasteiger partial charge >= 0.3 is 0 Å². The van der Waals surface area contributed by atoms with Crippen molar-refractivity contribution in [1.29, 1.82) is 0 Å². The number of hydrogen-bond acceptors (Lipinski definition) is 3. The molecule has 1 amide bonds. The molecular weight excluding hydrogens is 192 g/mol. The summed E-state index contributed by atoms with van der Waals surface area (Å²) < 4.78 is 1.67. The van der Waals surface area contributed by atoms with Crippen molar-refractivity contribution in [3.8, 4) is 0 Å². The number of imidazole rings is 1. The number of rotatable bonds is 2. The minimum Gasteiger partial charge on any atom is -0.371 e. The summed E-state index contributed by atoms with van der Waals surface area (Å²) in [6.45, 7) is 0. The van der Waals surface area contributed by atoms with Crippen LogP contribution in [-0.4, -0.2) is 29.6 Å². The monoisotopic (exact) mass is 204 g/mol. The lowest BCUT2D eigenvalue weighted by molar-refractivity contribution is 0.0956. The van der Waals surface area contributed by atoms with Crippen LogP contribution in [0.15, 0.2) is 6.33 Å². The van der Waals surface area contributed by atoms with E-state index in [2.05, 4.69) is 15.6 Å². The van der Waals surface area contributed by atoms with Crippen LogP contribution in [0.5, 0.6) is 0 Å². The van der Waals surface area contributed by atoms with E-state index >= 15 is 0 Å². The summed E-state index contributed by atoms with van der Waals surface area (Å²) in [6, 6.07) is 0. The summed E-state index contributed by atoms with van der Waals surface area (Å²) in [5.74, 6) is 0.455. The zero-order chi connectivity index (χ0) is 9.14. The first kappa shape index (κ1) is 11.8. The Morgan fingerprint density at radius 1 is 1.54 bits per heavy atom. The van der Waals surface area contributed by atoms with Crippen molar-refractivity contribution in [3.05, 3.63) is 12.0 Å². The van der Waals surface area contributed by atoms with Gasteiger partial charge in [-0.3, -0.25) is 4.79 Å². The van der Waals surface area contributed by atoms with E-state index in [1.165, 1.54) is 0 Å². The largest absolute Gasteiger partial charge is 0.371 e. The Morgan fingerprint density at radius 3 is 2.62 bits per heavy atom. The third-order valence-corrected chi connectivity index (χ3v) is 1.62. The number of aryl methyl sites for hydroxylation is 1. The van der Waals surface area contributed by atoms with Crippen molar-refractivity contribution < 1.29 is 4.79 Å². The van der Waals surface area contributed by atoms with Gasteiger partial charge in [-0.1, -0.05) is 0 Å². The van der Waals surface area contributed by atoms with Gasteiger partial charge in [0.1, 0.15) is 0 Å². The summed E-state index contributed by atoms with van der Waals surface area (Å²) >= 11 is 0. The van der Waals surface area contributed by atoms with Gasteiger partial charge in [0.05, 0.1) is 6.33 Å². The molecule has 6 heteroatoms. The van der Waals surface area contributed by atoms with Crippen LogP contribution in [0.25, 0.3) is 0 Å². The first-order valence-electron chi connectivity index (χ1n) is 3.61. The van der Waals surface area contributed by atoms with E-state index in [0.29, 0.717) is 11.5 Å². The molecule has 2 N–H and O–H groups in total. The first-order valence-corrected chi connectivity index (χ1v) is 3.61. The van der Waals surface area contributed by atoms with E-state index < -0.39 is 0 Å². The summed E-state index contributed by atoms with van der Waals surface area (Å²) in [4.78, 5) is 15.3. The summed E-state index contributed by atoms with van der Waals surface area (Å²) in [5.41, 5.74) is 0.542. The highest BCUT2D eigenvalue weighted by molar-refractivity contribution is 5.96. The van der Waals surface area contributed by atoms with Gasteiger partial charge in [-0.15, -0.1) is 12.4 Å². The maximum Gasteiger partial charge on any atom is 0.271 e. The third kappa shape index (κ3) is 2.12. The molecule has 5 nitrogen and oxygen atoms in total. The second-order valence-corrected chi connectivity index (χ2v) is 2.38. The van der Waals surface area contributed by atoms with Crippen molar-refractivity contribution in [2.75, 3.05) is 19.4 Å². The number of nitrogens with zero attached hydrogens (tertiary/aromatic N) is 2. The van der Waals surface area contributed by atoms with Gasteiger partial charge in [-0.05, 0) is 0 Å². The molecule has 1 heterocycles. The van der Waals surface area contributed by atoms with Gasteiger partial charge in [0.2, 0.25) is 0 Å². The van der Waals surface area contributed by atoms with Crippen LogP contribution in [0.2, 0.25) is 0 Å². The van der Waals surface area contributed by atoms with Crippen LogP contribution >= 0.6 is 12.4 Å². The molecule has 1 rings (SSSR count). The lowest BCUT2D eigenvalue weighted by Gasteiger charge is -2.02. The van der Waals surface area contributed by atoms with Gasteiger partial charge in [-0.25, -0.2) is 4.98 Å². The summed E-state index contributed by atoms with van der Waals surface area (Å²) in [7, 11) is 5.10. The van der Waals surface area contributed by atoms with Gasteiger partial charge < -0.3 is 15.2 Å². The maximum absolute atomic E-state index is 11.3. The Bertz CT molecular complexity index is 297. The van der Waals surface area contributed by atoms with E-state index in [4.69, 9.17) is 0 Å². The molecule has 0 unspecified atom stereocenters. The Morgan fingerprint density at radius 2 is 2.15 bits per heavy atom. The number of amides is 1. The Balaban J connectivity index is 0.00000144. The third-order valence-electron chi connectivity index (χ3n) is 1.62. The number of carbonyl (C=O) groups is 1. The SMILES string of the molecule is CNC(=O)c1c(NC)ncn1C.Cl. The molecule has 0 saturated carbocycles. The summed E-state index contributed by atoms with van der Waals surface area (Å²) in [6.07, 6.45) is 1.59. The van der Waals surface area contributed by atoms with Gasteiger partial charge in [0.25, 0.3) is 5.91 Å². The van der Waals surface area contributed by atoms with Crippen LogP contribution < -0.4 is 10.6 Å². The molecule has 74 valence electrons. The van der Waals surface area contributed by atoms with E-state index in [1.807, 2.05) is 0 Å². The highest BCUT2D eigenvalue weighted by Gasteiger charge is 2.13. The lowest BCUT2D eigenvalue weighted by Crippen LogP contribution is -2.21. The molecule has 1 aromatic heterocycles. The van der Waals surface area contributed by atoms with Crippen LogP contribution in [0.1, 0.15) is 10.5 Å². The van der Waals surface area contributed by atoms with Crippen molar-refractivity contribution in [3.63, 3.8) is 0 Å². The smallest absolute Gasteiger partial charge is 0.271 e. The van der Waals surface area contributed by atoms with Crippen molar-refractivity contribution in [2.24, 2.45) is 7.05 Å². The Hall–Kier alpha value is -1.23. The number of hydrogen-bond donors (Lipinski definition) is 2. The van der Waals surface area contributed by atoms with Crippen LogP contribution in [0, 0.1) is 0 Å². The molecule has 0 spiro atoms. The van der Waals surface area contributed by atoms with Gasteiger partial charge in [0.15, 0.2) is 11.5 Å². The van der Waals surface area contributed by atoms with Crippen molar-refractivity contribution in [1.82, 2.24) is 14.9 Å². The summed E-state index contributed by atoms with van der Waals surface area (Å²) in [5, 5.41) is 5.38. The number of aromatic nitrogens is 2. The Labute approximate surface area is 82.9 Å². The van der Waals surface area contributed by atoms with E-state index in [-0.39, 0.29) is 18.3 Å². The molecule has 0 bridgehead atoms. The van der Waals surface area contributed by atoms with Gasteiger partial charge in [0, 0.05) is 21.1 Å². The fourth-order valence-corrected chi connectivity index (χ4v) is 0.999. The quantitative estimate of drug-likeness (QED) is 0.726. The topological polar surface area (TPSA) is 59.0 Å². The zero-order valence-electron chi connectivity index (χ0n) is 7.79. The highest BCUT2D eigenvalue weighted by atomic mass is 35.5. The van der Waals surface area contributed by atoms with E-state index in [0.717, 1.165) is 0 Å². The van der Waals surface area contributed by atoms with E-state index in [9.17, 15) is 4.79 Å². The van der Waals surface area contributed by atoms with Crippen LogP contribution in [-0.2, 0) is 7.05 Å². The minimum absolute atomic E-state index is 0. The molecule has 0 aliphatic rings. The number of carbonyl (C=O) groups excluding carboxylic acids is 1. The predicted molar refractivity (Wildman–Crippen MR) is 53.4 cm³/mol. The number of nitrogens with one attached hydrogen (secondary N) is 2. The van der Waals surface area contributed by atoms with Crippen LogP contribution in [0.3, 0.4) is 0 Å². The zero-order valence-corrected chi connectivity index (χ0v) is 8.60. The first-order chi connectivity index (χ1) is 5.70. The fraction of sp³-hybridized carbons (Fsp3) is 0.429. The molecule has 0 aliphatic carbocycles. The second kappa shape index (κ2) is 4.71. The molecule has 0 radical (unpaired) electrons. The van der Waals surface area contributed by atoms with Gasteiger partial charge in [-0.2, -0.15) is 0 Å². The van der Waals surface area contributed by atoms with Crippen LogP contribution in [0.4, 0.5) is 5.82 Å². The molecule has 13 heavy (non-hydrogen) atoms. The molecule has 0 saturated heterocycles. The average Bonchev–Trinajstić information content (AvgIpc) is 2.45. The highest BCUT2D eigenvalue weighted by Crippen LogP contribution is 2.10. The van der Waals surface area contributed by atoms with Crippen molar-refractivity contribution in [2.45, 2.75) is 0 Å². The lowest BCUT2D eigenvalue weighted by atomic mass is 10.4. The van der Waals surface area contributed by atoms with Crippen molar-refractivity contribution >= 4 is 24.1 Å².